The molecule has 0 saturated carbocycles. The number of carbonyl (C=O) groups excluding carboxylic acids is 3. The van der Waals surface area contributed by atoms with E-state index in [0.717, 1.165) is 4.90 Å². The molecule has 0 spiro atoms. The third kappa shape index (κ3) is 2.28. The van der Waals surface area contributed by atoms with Gasteiger partial charge in [0.05, 0.1) is 11.1 Å². The fourth-order valence-electron chi connectivity index (χ4n) is 2.24. The predicted octanol–water partition coefficient (Wildman–Crippen LogP) is 0.610. The monoisotopic (exact) mass is 297 g/mol. The van der Waals surface area contributed by atoms with Crippen LogP contribution in [0.1, 0.15) is 20.7 Å². The van der Waals surface area contributed by atoms with Crippen molar-refractivity contribution in [3.63, 3.8) is 0 Å². The van der Waals surface area contributed by atoms with Crippen LogP contribution < -0.4 is 10.9 Å². The van der Waals surface area contributed by atoms with Crippen LogP contribution in [-0.4, -0.2) is 34.2 Å². The summed E-state index contributed by atoms with van der Waals surface area (Å²) in [6.45, 7) is -0.444. The Morgan fingerprint density at radius 2 is 1.64 bits per heavy atom. The maximum atomic E-state index is 12.1. The lowest BCUT2D eigenvalue weighted by Gasteiger charge is -2.13. The van der Waals surface area contributed by atoms with Crippen molar-refractivity contribution in [1.82, 2.24) is 9.88 Å². The minimum atomic E-state index is -0.619. The number of nitrogens with one attached hydrogen (secondary N) is 2. The number of hydrogen-bond donors (Lipinski definition) is 2. The zero-order valence-electron chi connectivity index (χ0n) is 11.3. The zero-order chi connectivity index (χ0) is 15.7. The highest BCUT2D eigenvalue weighted by Crippen LogP contribution is 2.22. The Morgan fingerprint density at radius 1 is 1.00 bits per heavy atom. The third-order valence-corrected chi connectivity index (χ3v) is 3.27. The summed E-state index contributed by atoms with van der Waals surface area (Å²) in [7, 11) is 0. The molecular formula is C15H11N3O4. The molecule has 3 amide bonds. The third-order valence-electron chi connectivity index (χ3n) is 3.27. The lowest BCUT2D eigenvalue weighted by molar-refractivity contribution is -0.116. The summed E-state index contributed by atoms with van der Waals surface area (Å²) < 4.78 is 0. The second kappa shape index (κ2) is 5.28. The van der Waals surface area contributed by atoms with Crippen LogP contribution in [0.3, 0.4) is 0 Å². The number of imide groups is 1. The van der Waals surface area contributed by atoms with Crippen LogP contribution in [0, 0.1) is 0 Å². The topological polar surface area (TPSA) is 99.3 Å². The predicted molar refractivity (Wildman–Crippen MR) is 77.5 cm³/mol. The van der Waals surface area contributed by atoms with Crippen LogP contribution >= 0.6 is 0 Å². The van der Waals surface area contributed by atoms with Crippen LogP contribution in [0.5, 0.6) is 0 Å². The van der Waals surface area contributed by atoms with Crippen molar-refractivity contribution >= 4 is 23.4 Å². The molecule has 1 aliphatic rings. The lowest BCUT2D eigenvalue weighted by Crippen LogP contribution is -2.38. The van der Waals surface area contributed by atoms with E-state index in [-0.39, 0.29) is 16.8 Å². The number of amides is 3. The first-order valence-corrected chi connectivity index (χ1v) is 6.50. The highest BCUT2D eigenvalue weighted by molar-refractivity contribution is 6.22. The Hall–Kier alpha value is -3.22. The van der Waals surface area contributed by atoms with Gasteiger partial charge in [-0.1, -0.05) is 12.1 Å². The van der Waals surface area contributed by atoms with Gasteiger partial charge in [0.25, 0.3) is 17.4 Å². The molecule has 1 aliphatic heterocycles. The molecule has 0 fully saturated rings. The lowest BCUT2D eigenvalue weighted by atomic mass is 10.1. The largest absolute Gasteiger partial charge is 0.327 e. The molecular weight excluding hydrogens is 286 g/mol. The highest BCUT2D eigenvalue weighted by Gasteiger charge is 2.36. The van der Waals surface area contributed by atoms with E-state index in [1.54, 1.807) is 18.2 Å². The van der Waals surface area contributed by atoms with E-state index < -0.39 is 29.8 Å². The minimum absolute atomic E-state index is 0.0594. The molecule has 2 N–H and O–H groups in total. The van der Waals surface area contributed by atoms with Gasteiger partial charge >= 0.3 is 0 Å². The number of fused-ring (bicyclic) bond motifs is 1. The summed E-state index contributed by atoms with van der Waals surface area (Å²) in [5.41, 5.74) is 0.151. The molecule has 7 nitrogen and oxygen atoms in total. The molecule has 110 valence electrons. The quantitative estimate of drug-likeness (QED) is 0.811. The smallest absolute Gasteiger partial charge is 0.271 e. The van der Waals surface area contributed by atoms with Crippen LogP contribution in [0.15, 0.2) is 47.4 Å². The summed E-state index contributed by atoms with van der Waals surface area (Å²) in [5, 5.41) is 2.38. The van der Waals surface area contributed by atoms with Gasteiger partial charge in [-0.15, -0.1) is 0 Å². The van der Waals surface area contributed by atoms with E-state index in [0.29, 0.717) is 0 Å². The van der Waals surface area contributed by atoms with Gasteiger partial charge < -0.3 is 10.3 Å². The van der Waals surface area contributed by atoms with Crippen LogP contribution in [0.25, 0.3) is 0 Å². The second-order valence-electron chi connectivity index (χ2n) is 4.70. The molecule has 22 heavy (non-hydrogen) atoms. The van der Waals surface area contributed by atoms with Crippen molar-refractivity contribution in [2.24, 2.45) is 0 Å². The summed E-state index contributed by atoms with van der Waals surface area (Å²) in [6, 6.07) is 9.36. The molecule has 2 heterocycles. The van der Waals surface area contributed by atoms with E-state index in [2.05, 4.69) is 10.3 Å². The number of aromatic nitrogens is 1. The number of pyridine rings is 1. The normalized spacial score (nSPS) is 13.2. The Labute approximate surface area is 124 Å². The molecule has 0 unspecified atom stereocenters. The number of aromatic amines is 1. The van der Waals surface area contributed by atoms with Crippen molar-refractivity contribution in [3.8, 4) is 0 Å². The molecule has 1 aromatic carbocycles. The standard InChI is InChI=1S/C15H11N3O4/c19-12(17-11-6-3-7-16-13(11)20)8-18-14(21)9-4-1-2-5-10(9)15(18)22/h1-7H,8H2,(H,16,20)(H,17,19). The number of benzene rings is 1. The number of nitrogens with zero attached hydrogens (tertiary/aromatic N) is 1. The van der Waals surface area contributed by atoms with Crippen LogP contribution in [-0.2, 0) is 4.79 Å². The number of H-pyrrole nitrogens is 1. The molecule has 0 bridgehead atoms. The van der Waals surface area contributed by atoms with Crippen molar-refractivity contribution in [2.75, 3.05) is 11.9 Å². The SMILES string of the molecule is O=C(CN1C(=O)c2ccccc2C1=O)Nc1ccc[nH]c1=O. The maximum Gasteiger partial charge on any atom is 0.271 e. The minimum Gasteiger partial charge on any atom is -0.327 e. The number of rotatable bonds is 3. The molecule has 1 aromatic heterocycles. The highest BCUT2D eigenvalue weighted by atomic mass is 16.2. The molecule has 7 heteroatoms. The van der Waals surface area contributed by atoms with E-state index in [1.807, 2.05) is 0 Å². The summed E-state index contributed by atoms with van der Waals surface area (Å²) in [5.74, 6) is -1.65. The van der Waals surface area contributed by atoms with Crippen molar-refractivity contribution in [1.29, 1.82) is 0 Å². The Bertz CT molecular complexity index is 805. The van der Waals surface area contributed by atoms with Gasteiger partial charge in [0.15, 0.2) is 0 Å². The molecule has 0 saturated heterocycles. The van der Waals surface area contributed by atoms with Crippen molar-refractivity contribution < 1.29 is 14.4 Å². The maximum absolute atomic E-state index is 12.1. The fourth-order valence-corrected chi connectivity index (χ4v) is 2.24. The van der Waals surface area contributed by atoms with E-state index in [4.69, 9.17) is 0 Å². The summed E-state index contributed by atoms with van der Waals surface area (Å²) in [6.07, 6.45) is 1.43. The summed E-state index contributed by atoms with van der Waals surface area (Å²) >= 11 is 0. The van der Waals surface area contributed by atoms with Crippen LogP contribution in [0.2, 0.25) is 0 Å². The first kappa shape index (κ1) is 13.7. The molecule has 0 aliphatic carbocycles. The molecule has 0 radical (unpaired) electrons. The second-order valence-corrected chi connectivity index (χ2v) is 4.70. The molecule has 2 aromatic rings. The van der Waals surface area contributed by atoms with E-state index in [9.17, 15) is 19.2 Å². The van der Waals surface area contributed by atoms with E-state index >= 15 is 0 Å². The van der Waals surface area contributed by atoms with Gasteiger partial charge in [0, 0.05) is 6.20 Å². The molecule has 0 atom stereocenters. The Morgan fingerprint density at radius 3 is 2.23 bits per heavy atom. The average molecular weight is 297 g/mol. The summed E-state index contributed by atoms with van der Waals surface area (Å²) in [4.78, 5) is 50.9. The fraction of sp³-hybridized carbons (Fsp3) is 0.0667. The van der Waals surface area contributed by atoms with Gasteiger partial charge in [-0.2, -0.15) is 0 Å². The molecule has 3 rings (SSSR count). The number of carbonyl (C=O) groups is 3. The van der Waals surface area contributed by atoms with Gasteiger partial charge in [-0.3, -0.25) is 24.1 Å². The number of anilines is 1. The van der Waals surface area contributed by atoms with Crippen molar-refractivity contribution in [2.45, 2.75) is 0 Å². The number of hydrogen-bond acceptors (Lipinski definition) is 4. The van der Waals surface area contributed by atoms with Gasteiger partial charge in [-0.25, -0.2) is 0 Å². The Kier molecular flexibility index (Phi) is 3.30. The van der Waals surface area contributed by atoms with Gasteiger partial charge in [-0.05, 0) is 24.3 Å². The Balaban J connectivity index is 1.76. The van der Waals surface area contributed by atoms with Gasteiger partial charge in [0.2, 0.25) is 5.91 Å². The zero-order valence-corrected chi connectivity index (χ0v) is 11.3. The van der Waals surface area contributed by atoms with E-state index in [1.165, 1.54) is 24.4 Å². The van der Waals surface area contributed by atoms with Crippen LogP contribution in [0.4, 0.5) is 5.69 Å². The first-order valence-electron chi connectivity index (χ1n) is 6.50. The van der Waals surface area contributed by atoms with Gasteiger partial charge in [0.1, 0.15) is 12.2 Å². The average Bonchev–Trinajstić information content (AvgIpc) is 2.75. The van der Waals surface area contributed by atoms with Crippen molar-refractivity contribution in [3.05, 3.63) is 64.1 Å². The first-order chi connectivity index (χ1) is 10.6.